The third kappa shape index (κ3) is 5.42. The maximum atomic E-state index is 12.6. The molecule has 1 heterocycles. The third-order valence-corrected chi connectivity index (χ3v) is 4.49. The number of aromatic nitrogens is 3. The average molecular weight is 375 g/mol. The van der Waals surface area contributed by atoms with Gasteiger partial charge in [0, 0.05) is 6.42 Å². The first-order chi connectivity index (χ1) is 12.7. The Balaban J connectivity index is 2.09. The van der Waals surface area contributed by atoms with E-state index in [0.717, 1.165) is 18.7 Å². The smallest absolute Gasteiger partial charge is 0.211 e. The minimum Gasteiger partial charge on any atom is -0.493 e. The molecule has 0 saturated heterocycles. The summed E-state index contributed by atoms with van der Waals surface area (Å²) in [5, 5.41) is 13.1. The van der Waals surface area contributed by atoms with E-state index in [-0.39, 0.29) is 5.78 Å². The van der Waals surface area contributed by atoms with Crippen molar-refractivity contribution in [2.45, 2.75) is 51.1 Å². The second-order valence-electron chi connectivity index (χ2n) is 5.78. The van der Waals surface area contributed by atoms with E-state index in [1.54, 1.807) is 10.7 Å². The fourth-order valence-electron chi connectivity index (χ4n) is 2.45. The number of thioether (sulfide) groups is 1. The number of hydrogen-bond acceptors (Lipinski definition) is 6. The van der Waals surface area contributed by atoms with E-state index < -0.39 is 0 Å². The molecule has 0 spiro atoms. The monoisotopic (exact) mass is 374 g/mol. The molecule has 0 bridgehead atoms. The zero-order valence-electron chi connectivity index (χ0n) is 15.6. The number of ether oxygens (including phenoxy) is 1. The van der Waals surface area contributed by atoms with Crippen molar-refractivity contribution in [3.63, 3.8) is 0 Å². The van der Waals surface area contributed by atoms with Crippen LogP contribution in [0.25, 0.3) is 0 Å². The highest BCUT2D eigenvalue weighted by atomic mass is 32.2. The van der Waals surface area contributed by atoms with Crippen molar-refractivity contribution in [3.05, 3.63) is 35.7 Å². The lowest BCUT2D eigenvalue weighted by Crippen LogP contribution is -2.08. The van der Waals surface area contributed by atoms with E-state index in [2.05, 4.69) is 22.2 Å². The highest BCUT2D eigenvalue weighted by Gasteiger charge is 2.12. The van der Waals surface area contributed by atoms with Crippen molar-refractivity contribution >= 4 is 23.8 Å². The van der Waals surface area contributed by atoms with Gasteiger partial charge in [-0.15, -0.1) is 10.2 Å². The van der Waals surface area contributed by atoms with Gasteiger partial charge >= 0.3 is 0 Å². The number of benzene rings is 1. The summed E-state index contributed by atoms with van der Waals surface area (Å²) in [6, 6.07) is 7.28. The summed E-state index contributed by atoms with van der Waals surface area (Å²) < 4.78 is 7.42. The predicted octanol–water partition coefficient (Wildman–Crippen LogP) is 4.24. The van der Waals surface area contributed by atoms with Crippen LogP contribution in [-0.2, 0) is 6.42 Å². The highest BCUT2D eigenvalue weighted by molar-refractivity contribution is 7.98. The molecule has 0 radical (unpaired) electrons. The zero-order chi connectivity index (χ0) is 18.8. The number of ketones is 1. The van der Waals surface area contributed by atoms with Gasteiger partial charge in [-0.3, -0.25) is 4.79 Å². The van der Waals surface area contributed by atoms with Gasteiger partial charge in [-0.2, -0.15) is 9.78 Å². The molecule has 1 aromatic carbocycles. The fraction of sp³-hybridized carbons (Fsp3) is 0.474. The Labute approximate surface area is 159 Å². The van der Waals surface area contributed by atoms with Crippen LogP contribution in [0, 0.1) is 0 Å². The number of para-hydroxylation sites is 1. The molecular formula is C19H26N4O2S. The maximum Gasteiger partial charge on any atom is 0.211 e. The van der Waals surface area contributed by atoms with E-state index in [1.165, 1.54) is 30.8 Å². The van der Waals surface area contributed by atoms with Crippen LogP contribution in [-0.4, -0.2) is 39.7 Å². The van der Waals surface area contributed by atoms with Gasteiger partial charge in [0.2, 0.25) is 10.9 Å². The Hall–Kier alpha value is -2.15. The fourth-order valence-corrected chi connectivity index (χ4v) is 2.89. The number of nitrogens with zero attached hydrogens (tertiary/aromatic N) is 4. The van der Waals surface area contributed by atoms with Crippen molar-refractivity contribution in [3.8, 4) is 5.75 Å². The van der Waals surface area contributed by atoms with Crippen LogP contribution in [0.1, 0.15) is 55.7 Å². The molecular weight excluding hydrogens is 348 g/mol. The van der Waals surface area contributed by atoms with Crippen LogP contribution in [0.15, 0.2) is 34.5 Å². The molecule has 0 saturated carbocycles. The van der Waals surface area contributed by atoms with Crippen molar-refractivity contribution < 1.29 is 9.53 Å². The quantitative estimate of drug-likeness (QED) is 0.255. The largest absolute Gasteiger partial charge is 0.493 e. The van der Waals surface area contributed by atoms with E-state index in [4.69, 9.17) is 4.74 Å². The third-order valence-electron chi connectivity index (χ3n) is 3.87. The minimum absolute atomic E-state index is 0.197. The molecule has 1 aromatic heterocycles. The van der Waals surface area contributed by atoms with Crippen LogP contribution in [0.3, 0.4) is 0 Å². The molecule has 6 nitrogen and oxygen atoms in total. The molecule has 0 amide bonds. The number of Topliss-reactive ketones (excluding diaryl/α,β-unsaturated/α-hetero) is 1. The Bertz CT molecular complexity index is 721. The average Bonchev–Trinajstić information content (AvgIpc) is 3.08. The summed E-state index contributed by atoms with van der Waals surface area (Å²) in [6.07, 6.45) is 8.41. The van der Waals surface area contributed by atoms with E-state index >= 15 is 0 Å². The number of rotatable bonds is 11. The second kappa shape index (κ2) is 10.8. The van der Waals surface area contributed by atoms with Crippen molar-refractivity contribution in [2.24, 2.45) is 5.10 Å². The van der Waals surface area contributed by atoms with Crippen molar-refractivity contribution in [1.82, 2.24) is 14.9 Å². The van der Waals surface area contributed by atoms with Crippen LogP contribution in [0.5, 0.6) is 5.75 Å². The normalized spacial score (nSPS) is 11.2. The lowest BCUT2D eigenvalue weighted by molar-refractivity contribution is 0.106. The predicted molar refractivity (Wildman–Crippen MR) is 105 cm³/mol. The van der Waals surface area contributed by atoms with Gasteiger partial charge in [0.25, 0.3) is 0 Å². The molecule has 0 N–H and O–H groups in total. The zero-order valence-corrected chi connectivity index (χ0v) is 16.5. The molecule has 140 valence electrons. The summed E-state index contributed by atoms with van der Waals surface area (Å²) in [6.45, 7) is 4.77. The maximum absolute atomic E-state index is 12.6. The molecule has 7 heteroatoms. The van der Waals surface area contributed by atoms with Crippen LogP contribution >= 0.6 is 11.8 Å². The molecule has 2 rings (SSSR count). The summed E-state index contributed by atoms with van der Waals surface area (Å²) in [4.78, 5) is 12.6. The summed E-state index contributed by atoms with van der Waals surface area (Å²) in [7, 11) is 0. The first-order valence-electron chi connectivity index (χ1n) is 9.00. The molecule has 0 fully saturated rings. The van der Waals surface area contributed by atoms with E-state index in [1.807, 2.05) is 31.4 Å². The number of unbranched alkanes of at least 4 members (excludes halogenated alkanes) is 3. The first kappa shape index (κ1) is 20.2. The molecule has 0 aliphatic carbocycles. The van der Waals surface area contributed by atoms with Gasteiger partial charge in [-0.25, -0.2) is 0 Å². The Morgan fingerprint density at radius 1 is 1.23 bits per heavy atom. The van der Waals surface area contributed by atoms with Gasteiger partial charge in [0.05, 0.1) is 18.4 Å². The number of carbonyl (C=O) groups is 1. The van der Waals surface area contributed by atoms with Crippen LogP contribution < -0.4 is 4.74 Å². The Morgan fingerprint density at radius 3 is 2.77 bits per heavy atom. The Kier molecular flexibility index (Phi) is 8.34. The van der Waals surface area contributed by atoms with Gasteiger partial charge in [-0.05, 0) is 24.8 Å². The van der Waals surface area contributed by atoms with E-state index in [9.17, 15) is 4.79 Å². The van der Waals surface area contributed by atoms with Gasteiger partial charge < -0.3 is 4.74 Å². The summed E-state index contributed by atoms with van der Waals surface area (Å²) in [5.41, 5.74) is 0.517. The van der Waals surface area contributed by atoms with Crippen LogP contribution in [0.2, 0.25) is 0 Å². The van der Waals surface area contributed by atoms with Crippen molar-refractivity contribution in [2.75, 3.05) is 12.9 Å². The lowest BCUT2D eigenvalue weighted by Gasteiger charge is -2.09. The summed E-state index contributed by atoms with van der Waals surface area (Å²) in [5.74, 6) is 1.13. The number of carbonyl (C=O) groups excluding carboxylic acids is 1. The molecule has 26 heavy (non-hydrogen) atoms. The standard InChI is InChI=1S/C19H26N4O2S/c1-4-6-7-10-13-25-17-12-9-8-11-15(17)16(24)14-20-23-18(5-2)21-22-19(23)26-3/h8-9,11-12,14H,4-7,10,13H2,1-3H3/b20-14-. The molecule has 0 unspecified atom stereocenters. The van der Waals surface area contributed by atoms with Crippen molar-refractivity contribution in [1.29, 1.82) is 0 Å². The lowest BCUT2D eigenvalue weighted by atomic mass is 10.1. The van der Waals surface area contributed by atoms with E-state index in [0.29, 0.717) is 29.5 Å². The van der Waals surface area contributed by atoms with Gasteiger partial charge in [0.15, 0.2) is 5.82 Å². The molecule has 0 aliphatic rings. The molecule has 0 atom stereocenters. The number of hydrogen-bond donors (Lipinski definition) is 0. The summed E-state index contributed by atoms with van der Waals surface area (Å²) >= 11 is 1.44. The van der Waals surface area contributed by atoms with Gasteiger partial charge in [0.1, 0.15) is 5.75 Å². The Morgan fingerprint density at radius 2 is 2.04 bits per heavy atom. The first-order valence-corrected chi connectivity index (χ1v) is 10.2. The second-order valence-corrected chi connectivity index (χ2v) is 6.56. The SMILES string of the molecule is CCCCCCOc1ccccc1C(=O)/C=N\n1c(CC)nnc1SC. The highest BCUT2D eigenvalue weighted by Crippen LogP contribution is 2.19. The molecule has 0 aliphatic heterocycles. The number of aryl methyl sites for hydroxylation is 1. The molecule has 2 aromatic rings. The minimum atomic E-state index is -0.197. The topological polar surface area (TPSA) is 69.4 Å². The van der Waals surface area contributed by atoms with Crippen LogP contribution in [0.4, 0.5) is 0 Å². The van der Waals surface area contributed by atoms with Gasteiger partial charge in [-0.1, -0.05) is 57.0 Å².